The molecule has 3 N–H and O–H groups in total. The Morgan fingerprint density at radius 1 is 1.03 bits per heavy atom. The van der Waals surface area contributed by atoms with Gasteiger partial charge in [0.25, 0.3) is 0 Å². The molecule has 5 heteroatoms. The molecule has 5 nitrogen and oxygen atoms in total. The van der Waals surface area contributed by atoms with Crippen LogP contribution in [0.15, 0.2) is 85.1 Å². The number of aliphatic carboxylic acids is 1. The lowest BCUT2D eigenvalue weighted by Crippen LogP contribution is -2.33. The van der Waals surface area contributed by atoms with E-state index in [1.165, 1.54) is 0 Å². The molecule has 0 aliphatic rings. The number of hydrogen-bond donors (Lipinski definition) is 3. The van der Waals surface area contributed by atoms with Gasteiger partial charge in [-0.2, -0.15) is 0 Å². The molecule has 1 aromatic heterocycles. The first-order chi connectivity index (χ1) is 14.7. The summed E-state index contributed by atoms with van der Waals surface area (Å²) in [6.45, 7) is 0. The number of aromatic nitrogens is 1. The predicted octanol–water partition coefficient (Wildman–Crippen LogP) is 4.88. The lowest BCUT2D eigenvalue weighted by molar-refractivity contribution is -0.139. The van der Waals surface area contributed by atoms with Crippen LogP contribution in [0.5, 0.6) is 5.75 Å². The maximum absolute atomic E-state index is 12.1. The molecule has 4 rings (SSSR count). The number of fused-ring (bicyclic) bond motifs is 1. The molecule has 1 unspecified atom stereocenters. The standard InChI is InChI=1S/C25H24N2O3/c1-30-19-12-13-22-20(15-19)21(16-26-22)23(14-17-8-4-2-5-9-17)27-24(25(28)29)18-10-6-3-7-11-18/h2-13,15-16,23-24,26-27H,14H2,1H3,(H,28,29)/t23?,24-/m1/s1. The van der Waals surface area contributed by atoms with Crippen LogP contribution in [0.1, 0.15) is 28.8 Å². The van der Waals surface area contributed by atoms with E-state index in [1.54, 1.807) is 7.11 Å². The number of methoxy groups -OCH3 is 1. The molecule has 0 saturated carbocycles. The van der Waals surface area contributed by atoms with E-state index in [0.717, 1.165) is 33.3 Å². The summed E-state index contributed by atoms with van der Waals surface area (Å²) in [5, 5.41) is 14.3. The molecule has 30 heavy (non-hydrogen) atoms. The van der Waals surface area contributed by atoms with Crippen molar-refractivity contribution in [3.63, 3.8) is 0 Å². The van der Waals surface area contributed by atoms with Gasteiger partial charge in [-0.1, -0.05) is 60.7 Å². The van der Waals surface area contributed by atoms with Gasteiger partial charge in [-0.3, -0.25) is 10.1 Å². The quantitative estimate of drug-likeness (QED) is 0.394. The number of benzene rings is 3. The highest BCUT2D eigenvalue weighted by atomic mass is 16.5. The normalized spacial score (nSPS) is 13.1. The smallest absolute Gasteiger partial charge is 0.325 e. The van der Waals surface area contributed by atoms with Gasteiger partial charge in [0.05, 0.1) is 7.11 Å². The fraction of sp³-hybridized carbons (Fsp3) is 0.160. The van der Waals surface area contributed by atoms with E-state index in [2.05, 4.69) is 22.4 Å². The lowest BCUT2D eigenvalue weighted by Gasteiger charge is -2.24. The molecular formula is C25H24N2O3. The maximum Gasteiger partial charge on any atom is 0.325 e. The zero-order valence-electron chi connectivity index (χ0n) is 16.7. The van der Waals surface area contributed by atoms with Gasteiger partial charge in [-0.05, 0) is 41.3 Å². The Morgan fingerprint density at radius 2 is 1.73 bits per heavy atom. The Labute approximate surface area is 175 Å². The largest absolute Gasteiger partial charge is 0.497 e. The van der Waals surface area contributed by atoms with Gasteiger partial charge in [0, 0.05) is 23.1 Å². The van der Waals surface area contributed by atoms with Crippen LogP contribution < -0.4 is 10.1 Å². The molecule has 0 aliphatic carbocycles. The maximum atomic E-state index is 12.1. The Morgan fingerprint density at radius 3 is 2.40 bits per heavy atom. The summed E-state index contributed by atoms with van der Waals surface area (Å²) in [6, 6.07) is 24.2. The molecule has 0 fully saturated rings. The van der Waals surface area contributed by atoms with Crippen molar-refractivity contribution < 1.29 is 14.6 Å². The minimum Gasteiger partial charge on any atom is -0.497 e. The average molecular weight is 400 g/mol. The van der Waals surface area contributed by atoms with Crippen LogP contribution in [0, 0.1) is 0 Å². The van der Waals surface area contributed by atoms with Gasteiger partial charge in [0.15, 0.2) is 0 Å². The van der Waals surface area contributed by atoms with Gasteiger partial charge in [-0.25, -0.2) is 0 Å². The SMILES string of the molecule is COc1ccc2[nH]cc(C(Cc3ccccc3)N[C@@H](C(=O)O)c3ccccc3)c2c1. The summed E-state index contributed by atoms with van der Waals surface area (Å²) >= 11 is 0. The van der Waals surface area contributed by atoms with Crippen LogP contribution >= 0.6 is 0 Å². The number of nitrogens with one attached hydrogen (secondary N) is 2. The van der Waals surface area contributed by atoms with E-state index >= 15 is 0 Å². The van der Waals surface area contributed by atoms with E-state index in [9.17, 15) is 9.90 Å². The lowest BCUT2D eigenvalue weighted by atomic mass is 9.96. The molecule has 1 heterocycles. The fourth-order valence-corrected chi connectivity index (χ4v) is 3.80. The average Bonchev–Trinajstić information content (AvgIpc) is 3.20. The third-order valence-electron chi connectivity index (χ3n) is 5.33. The molecule has 0 bridgehead atoms. The van der Waals surface area contributed by atoms with Crippen molar-refractivity contribution in [1.82, 2.24) is 10.3 Å². The van der Waals surface area contributed by atoms with Crippen molar-refractivity contribution in [2.75, 3.05) is 7.11 Å². The molecular weight excluding hydrogens is 376 g/mol. The zero-order valence-corrected chi connectivity index (χ0v) is 16.7. The van der Waals surface area contributed by atoms with Crippen molar-refractivity contribution in [3.8, 4) is 5.75 Å². The van der Waals surface area contributed by atoms with Gasteiger partial charge >= 0.3 is 5.97 Å². The van der Waals surface area contributed by atoms with Crippen LogP contribution in [0.2, 0.25) is 0 Å². The Bertz CT molecular complexity index is 1120. The highest BCUT2D eigenvalue weighted by Crippen LogP contribution is 2.31. The monoisotopic (exact) mass is 400 g/mol. The Balaban J connectivity index is 1.76. The number of carboxylic acid groups (broad SMARTS) is 1. The number of carbonyl (C=O) groups is 1. The predicted molar refractivity (Wildman–Crippen MR) is 118 cm³/mol. The zero-order chi connectivity index (χ0) is 20.9. The molecule has 0 spiro atoms. The van der Waals surface area contributed by atoms with Crippen LogP contribution in [0.25, 0.3) is 10.9 Å². The number of carboxylic acids is 1. The van der Waals surface area contributed by atoms with E-state index in [-0.39, 0.29) is 6.04 Å². The van der Waals surface area contributed by atoms with Crippen molar-refractivity contribution in [3.05, 3.63) is 102 Å². The number of hydrogen-bond acceptors (Lipinski definition) is 3. The summed E-state index contributed by atoms with van der Waals surface area (Å²) in [6.07, 6.45) is 2.61. The molecule has 3 aromatic carbocycles. The highest BCUT2D eigenvalue weighted by Gasteiger charge is 2.26. The number of aromatic amines is 1. The Kier molecular flexibility index (Phi) is 5.82. The van der Waals surface area contributed by atoms with Gasteiger partial charge < -0.3 is 14.8 Å². The second-order valence-corrected chi connectivity index (χ2v) is 7.25. The van der Waals surface area contributed by atoms with Gasteiger partial charge in [-0.15, -0.1) is 0 Å². The molecule has 0 saturated heterocycles. The molecule has 0 amide bonds. The van der Waals surface area contributed by atoms with Crippen LogP contribution in [0.3, 0.4) is 0 Å². The summed E-state index contributed by atoms with van der Waals surface area (Å²) in [5.74, 6) is -0.142. The second kappa shape index (κ2) is 8.84. The number of rotatable bonds is 8. The van der Waals surface area contributed by atoms with Crippen LogP contribution in [0.4, 0.5) is 0 Å². The third kappa shape index (κ3) is 4.21. The summed E-state index contributed by atoms with van der Waals surface area (Å²) in [7, 11) is 1.64. The molecule has 0 aliphatic heterocycles. The molecule has 4 aromatic rings. The van der Waals surface area contributed by atoms with Crippen LogP contribution in [-0.2, 0) is 11.2 Å². The van der Waals surface area contributed by atoms with E-state index in [4.69, 9.17) is 4.74 Å². The minimum absolute atomic E-state index is 0.213. The summed E-state index contributed by atoms with van der Waals surface area (Å²) < 4.78 is 5.40. The van der Waals surface area contributed by atoms with Crippen molar-refractivity contribution in [2.45, 2.75) is 18.5 Å². The minimum atomic E-state index is -0.906. The van der Waals surface area contributed by atoms with E-state index in [1.807, 2.05) is 72.9 Å². The number of ether oxygens (including phenoxy) is 1. The second-order valence-electron chi connectivity index (χ2n) is 7.25. The third-order valence-corrected chi connectivity index (χ3v) is 5.33. The van der Waals surface area contributed by atoms with Gasteiger partial charge in [0.1, 0.15) is 11.8 Å². The van der Waals surface area contributed by atoms with Crippen molar-refractivity contribution >= 4 is 16.9 Å². The highest BCUT2D eigenvalue weighted by molar-refractivity contribution is 5.85. The van der Waals surface area contributed by atoms with E-state index < -0.39 is 12.0 Å². The first kappa shape index (κ1) is 19.7. The first-order valence-electron chi connectivity index (χ1n) is 9.88. The van der Waals surface area contributed by atoms with E-state index in [0.29, 0.717) is 6.42 Å². The molecule has 0 radical (unpaired) electrons. The summed E-state index contributed by atoms with van der Waals surface area (Å²) in [4.78, 5) is 15.4. The summed E-state index contributed by atoms with van der Waals surface area (Å²) in [5.41, 5.74) is 3.84. The number of H-pyrrole nitrogens is 1. The Hall–Kier alpha value is -3.57. The molecule has 2 atom stereocenters. The topological polar surface area (TPSA) is 74.3 Å². The fourth-order valence-electron chi connectivity index (χ4n) is 3.80. The molecule has 152 valence electrons. The van der Waals surface area contributed by atoms with Crippen molar-refractivity contribution in [1.29, 1.82) is 0 Å². The van der Waals surface area contributed by atoms with Crippen molar-refractivity contribution in [2.24, 2.45) is 0 Å². The van der Waals surface area contributed by atoms with Crippen LogP contribution in [-0.4, -0.2) is 23.2 Å². The first-order valence-corrected chi connectivity index (χ1v) is 9.88. The van der Waals surface area contributed by atoms with Gasteiger partial charge in [0.2, 0.25) is 0 Å².